The summed E-state index contributed by atoms with van der Waals surface area (Å²) in [6.07, 6.45) is 0. The summed E-state index contributed by atoms with van der Waals surface area (Å²) < 4.78 is 38.0. The van der Waals surface area contributed by atoms with Gasteiger partial charge in [-0.15, -0.1) is 11.3 Å². The van der Waals surface area contributed by atoms with Crippen LogP contribution in [0.3, 0.4) is 0 Å². The highest BCUT2D eigenvalue weighted by Crippen LogP contribution is 2.29. The fourth-order valence-corrected chi connectivity index (χ4v) is 5.16. The molecule has 0 amide bonds. The summed E-state index contributed by atoms with van der Waals surface area (Å²) in [4.78, 5) is 13.7. The second kappa shape index (κ2) is 8.22. The van der Waals surface area contributed by atoms with Gasteiger partial charge in [-0.05, 0) is 35.7 Å². The molecule has 0 aliphatic carbocycles. The van der Waals surface area contributed by atoms with E-state index in [-0.39, 0.29) is 23.0 Å². The number of thiophene rings is 2. The van der Waals surface area contributed by atoms with Crippen molar-refractivity contribution in [2.75, 3.05) is 14.2 Å². The molecule has 1 aromatic carbocycles. The summed E-state index contributed by atoms with van der Waals surface area (Å²) in [7, 11) is -0.896. The van der Waals surface area contributed by atoms with Gasteiger partial charge in [0.05, 0.1) is 19.1 Å². The Morgan fingerprint density at radius 1 is 1.11 bits per heavy atom. The Hall–Kier alpha value is -2.20. The predicted molar refractivity (Wildman–Crippen MR) is 106 cm³/mol. The average molecular weight is 424 g/mol. The number of benzene rings is 1. The number of nitrogens with one attached hydrogen (secondary N) is 1. The van der Waals surface area contributed by atoms with E-state index < -0.39 is 10.0 Å². The average Bonchev–Trinajstić information content (AvgIpc) is 3.37. The molecule has 0 atom stereocenters. The molecule has 0 saturated heterocycles. The van der Waals surface area contributed by atoms with Gasteiger partial charge < -0.3 is 9.47 Å². The Bertz CT molecular complexity index is 1040. The highest BCUT2D eigenvalue weighted by Gasteiger charge is 2.20. The first-order chi connectivity index (χ1) is 12.9. The number of ketones is 1. The lowest BCUT2D eigenvalue weighted by molar-refractivity contribution is 0.104. The van der Waals surface area contributed by atoms with Crippen LogP contribution in [0.15, 0.2) is 52.1 Å². The third-order valence-corrected chi connectivity index (χ3v) is 6.97. The van der Waals surface area contributed by atoms with Crippen LogP contribution in [0.4, 0.5) is 0 Å². The second-order valence-corrected chi connectivity index (χ2v) is 9.13. The number of carbonyl (C=O) groups is 1. The molecule has 0 spiro atoms. The van der Waals surface area contributed by atoms with Crippen molar-refractivity contribution in [3.63, 3.8) is 0 Å². The Morgan fingerprint density at radius 2 is 1.93 bits per heavy atom. The van der Waals surface area contributed by atoms with Gasteiger partial charge in [0.25, 0.3) is 0 Å². The molecule has 27 heavy (non-hydrogen) atoms. The summed E-state index contributed by atoms with van der Waals surface area (Å²) in [5, 5.41) is 3.64. The molecule has 2 aromatic heterocycles. The Labute approximate surface area is 165 Å². The lowest BCUT2D eigenvalue weighted by Crippen LogP contribution is -2.23. The quantitative estimate of drug-likeness (QED) is 0.561. The molecule has 3 aromatic rings. The van der Waals surface area contributed by atoms with Crippen molar-refractivity contribution in [3.05, 3.63) is 62.5 Å². The maximum absolute atomic E-state index is 12.6. The Kier molecular flexibility index (Phi) is 5.95. The highest BCUT2D eigenvalue weighted by atomic mass is 32.2. The van der Waals surface area contributed by atoms with E-state index in [0.29, 0.717) is 16.2 Å². The van der Waals surface area contributed by atoms with Crippen LogP contribution >= 0.6 is 22.7 Å². The van der Waals surface area contributed by atoms with Gasteiger partial charge in [-0.25, -0.2) is 13.1 Å². The molecular formula is C18H17NO5S3. The largest absolute Gasteiger partial charge is 0.497 e. The molecule has 0 bridgehead atoms. The van der Waals surface area contributed by atoms with Crippen molar-refractivity contribution in [1.29, 1.82) is 0 Å². The van der Waals surface area contributed by atoms with Crippen LogP contribution in [0.25, 0.3) is 0 Å². The first-order valence-corrected chi connectivity index (χ1v) is 11.1. The van der Waals surface area contributed by atoms with Crippen LogP contribution < -0.4 is 14.2 Å². The van der Waals surface area contributed by atoms with Crippen LogP contribution in [-0.4, -0.2) is 28.4 Å². The van der Waals surface area contributed by atoms with Gasteiger partial charge in [0.1, 0.15) is 16.4 Å². The minimum Gasteiger partial charge on any atom is -0.497 e. The van der Waals surface area contributed by atoms with E-state index in [1.165, 1.54) is 49.0 Å². The zero-order valence-corrected chi connectivity index (χ0v) is 17.0. The van der Waals surface area contributed by atoms with E-state index in [4.69, 9.17) is 9.47 Å². The van der Waals surface area contributed by atoms with E-state index in [2.05, 4.69) is 4.72 Å². The lowest BCUT2D eigenvalue weighted by Gasteiger charge is -2.11. The van der Waals surface area contributed by atoms with Crippen molar-refractivity contribution in [2.45, 2.75) is 11.4 Å². The van der Waals surface area contributed by atoms with Gasteiger partial charge >= 0.3 is 0 Å². The smallest absolute Gasteiger partial charge is 0.244 e. The van der Waals surface area contributed by atoms with E-state index in [1.54, 1.807) is 29.6 Å². The molecule has 0 radical (unpaired) electrons. The van der Waals surface area contributed by atoms with Gasteiger partial charge in [-0.1, -0.05) is 0 Å². The van der Waals surface area contributed by atoms with Gasteiger partial charge in [0.15, 0.2) is 0 Å². The Balaban J connectivity index is 1.74. The summed E-state index contributed by atoms with van der Waals surface area (Å²) in [6.45, 7) is 0.0824. The van der Waals surface area contributed by atoms with Crippen LogP contribution in [0.1, 0.15) is 20.1 Å². The van der Waals surface area contributed by atoms with Crippen molar-refractivity contribution < 1.29 is 22.7 Å². The number of methoxy groups -OCH3 is 2. The highest BCUT2D eigenvalue weighted by molar-refractivity contribution is 7.89. The molecular weight excluding hydrogens is 406 g/mol. The van der Waals surface area contributed by atoms with Crippen LogP contribution in [-0.2, 0) is 16.6 Å². The SMILES string of the molecule is COc1ccc(S(=O)(=O)NCc2ccc(C(=O)c3ccsc3)s2)c(OC)c1. The number of ether oxygens (including phenoxy) is 2. The van der Waals surface area contributed by atoms with E-state index in [9.17, 15) is 13.2 Å². The van der Waals surface area contributed by atoms with E-state index in [0.717, 1.165) is 4.88 Å². The number of rotatable bonds is 8. The molecule has 0 saturated carbocycles. The maximum Gasteiger partial charge on any atom is 0.244 e. The lowest BCUT2D eigenvalue weighted by atomic mass is 10.2. The summed E-state index contributed by atoms with van der Waals surface area (Å²) >= 11 is 2.73. The molecule has 0 unspecified atom stereocenters. The molecule has 1 N–H and O–H groups in total. The van der Waals surface area contributed by atoms with Crippen LogP contribution in [0, 0.1) is 0 Å². The van der Waals surface area contributed by atoms with E-state index in [1.807, 2.05) is 5.38 Å². The summed E-state index contributed by atoms with van der Waals surface area (Å²) in [5.74, 6) is 0.633. The molecule has 0 aliphatic heterocycles. The Morgan fingerprint density at radius 3 is 2.59 bits per heavy atom. The molecule has 0 fully saturated rings. The van der Waals surface area contributed by atoms with Crippen molar-refractivity contribution in [1.82, 2.24) is 4.72 Å². The van der Waals surface area contributed by atoms with Gasteiger partial charge in [-0.3, -0.25) is 4.79 Å². The summed E-state index contributed by atoms with van der Waals surface area (Å²) in [5.41, 5.74) is 0.636. The predicted octanol–water partition coefficient (Wildman–Crippen LogP) is 3.54. The molecule has 142 valence electrons. The minimum absolute atomic E-state index is 0.0249. The van der Waals surface area contributed by atoms with Gasteiger partial charge in [-0.2, -0.15) is 11.3 Å². The zero-order chi connectivity index (χ0) is 19.4. The third kappa shape index (κ3) is 4.38. The number of hydrogen-bond donors (Lipinski definition) is 1. The fraction of sp³-hybridized carbons (Fsp3) is 0.167. The van der Waals surface area contributed by atoms with Crippen molar-refractivity contribution >= 4 is 38.5 Å². The zero-order valence-electron chi connectivity index (χ0n) is 14.6. The topological polar surface area (TPSA) is 81.7 Å². The molecule has 3 rings (SSSR count). The monoisotopic (exact) mass is 423 g/mol. The number of carbonyl (C=O) groups excluding carboxylic acids is 1. The van der Waals surface area contributed by atoms with Gasteiger partial charge in [0.2, 0.25) is 15.8 Å². The molecule has 0 aliphatic rings. The fourth-order valence-electron chi connectivity index (χ4n) is 2.37. The minimum atomic E-state index is -3.79. The van der Waals surface area contributed by atoms with Crippen molar-refractivity contribution in [3.8, 4) is 11.5 Å². The summed E-state index contributed by atoms with van der Waals surface area (Å²) in [6, 6.07) is 9.72. The normalized spacial score (nSPS) is 11.3. The maximum atomic E-state index is 12.6. The number of hydrogen-bond acceptors (Lipinski definition) is 7. The van der Waals surface area contributed by atoms with Crippen molar-refractivity contribution in [2.24, 2.45) is 0 Å². The standard InChI is InChI=1S/C18H17NO5S3/c1-23-13-3-6-17(15(9-13)24-2)27(21,22)19-10-14-4-5-16(26-14)18(20)12-7-8-25-11-12/h3-9,11,19H,10H2,1-2H3. The molecule has 6 nitrogen and oxygen atoms in total. The van der Waals surface area contributed by atoms with Crippen LogP contribution in [0.2, 0.25) is 0 Å². The molecule has 2 heterocycles. The third-order valence-electron chi connectivity index (χ3n) is 3.77. The first kappa shape index (κ1) is 19.6. The molecule has 9 heteroatoms. The number of sulfonamides is 1. The van der Waals surface area contributed by atoms with Gasteiger partial charge in [0, 0.05) is 28.4 Å². The van der Waals surface area contributed by atoms with Crippen LogP contribution in [0.5, 0.6) is 11.5 Å². The van der Waals surface area contributed by atoms with E-state index >= 15 is 0 Å². The second-order valence-electron chi connectivity index (χ2n) is 5.45. The first-order valence-electron chi connectivity index (χ1n) is 7.82.